The van der Waals surface area contributed by atoms with Crippen LogP contribution in [-0.4, -0.2) is 50.0 Å². The van der Waals surface area contributed by atoms with Crippen molar-refractivity contribution in [1.82, 2.24) is 9.72 Å². The predicted molar refractivity (Wildman–Crippen MR) is 46.6 cm³/mol. The summed E-state index contributed by atoms with van der Waals surface area (Å²) in [5, 5.41) is 27.7. The summed E-state index contributed by atoms with van der Waals surface area (Å²) in [6.45, 7) is -0.530. The van der Waals surface area contributed by atoms with E-state index < -0.39 is 42.6 Å². The van der Waals surface area contributed by atoms with Gasteiger partial charge >= 0.3 is 11.4 Å². The minimum Gasteiger partial charge on any atom is -0.394 e. The molecule has 0 saturated carbocycles. The Kier molecular flexibility index (Phi) is 2.68. The van der Waals surface area contributed by atoms with Gasteiger partial charge in [0.1, 0.15) is 18.3 Å². The number of aliphatic hydroxyl groups excluding tert-OH is 3. The van der Waals surface area contributed by atoms with Crippen LogP contribution in [0.25, 0.3) is 0 Å². The summed E-state index contributed by atoms with van der Waals surface area (Å²) in [5.41, 5.74) is -0.903. The molecule has 1 aliphatic heterocycles. The molecule has 1 aromatic heterocycles. The Morgan fingerprint density at radius 2 is 2.00 bits per heavy atom. The summed E-state index contributed by atoms with van der Waals surface area (Å²) in [6, 6.07) is 0. The lowest BCUT2D eigenvalue weighted by Gasteiger charge is -2.11. The van der Waals surface area contributed by atoms with Crippen molar-refractivity contribution in [1.29, 1.82) is 0 Å². The lowest BCUT2D eigenvalue weighted by atomic mass is 10.1. The molecule has 4 atom stereocenters. The van der Waals surface area contributed by atoms with E-state index >= 15 is 0 Å². The van der Waals surface area contributed by atoms with Gasteiger partial charge in [0, 0.05) is 0 Å². The summed E-state index contributed by atoms with van der Waals surface area (Å²) in [4.78, 5) is 23.7. The molecule has 0 radical (unpaired) electrons. The highest BCUT2D eigenvalue weighted by atomic mass is 16.6. The Morgan fingerprint density at radius 3 is 2.44 bits per heavy atom. The van der Waals surface area contributed by atoms with Crippen LogP contribution in [0.15, 0.2) is 14.1 Å². The van der Waals surface area contributed by atoms with Crippen molar-refractivity contribution in [3.63, 3.8) is 0 Å². The fraction of sp³-hybridized carbons (Fsp3) is 0.714. The lowest BCUT2D eigenvalue weighted by molar-refractivity contribution is -0.0902. The lowest BCUT2D eigenvalue weighted by Crippen LogP contribution is -2.34. The van der Waals surface area contributed by atoms with Gasteiger partial charge in [-0.3, -0.25) is 0 Å². The second-order valence-electron chi connectivity index (χ2n) is 3.36. The average Bonchev–Trinajstić information content (AvgIpc) is 2.70. The van der Waals surface area contributed by atoms with Crippen LogP contribution >= 0.6 is 0 Å². The van der Waals surface area contributed by atoms with Crippen molar-refractivity contribution in [3.8, 4) is 0 Å². The number of nitrogens with one attached hydrogen (secondary N) is 1. The third-order valence-electron chi connectivity index (χ3n) is 2.34. The van der Waals surface area contributed by atoms with Crippen LogP contribution in [0.3, 0.4) is 0 Å². The van der Waals surface area contributed by atoms with E-state index in [1.165, 1.54) is 0 Å². The van der Waals surface area contributed by atoms with Gasteiger partial charge < -0.3 is 24.6 Å². The zero-order chi connectivity index (χ0) is 11.9. The molecular formula is C7H10N2O7. The quantitative estimate of drug-likeness (QED) is 0.421. The third kappa shape index (κ3) is 1.59. The minimum atomic E-state index is -1.46. The molecule has 1 fully saturated rings. The van der Waals surface area contributed by atoms with Crippen molar-refractivity contribution in [2.45, 2.75) is 24.5 Å². The molecule has 1 aliphatic rings. The molecule has 0 aliphatic carbocycles. The SMILES string of the molecule is O=c1[nH]c(=O)n([C@@H]2O[C@@H](CO)[C@H](O)[C@@H]2O)o1. The molecule has 0 aromatic carbocycles. The summed E-state index contributed by atoms with van der Waals surface area (Å²) in [6.07, 6.45) is -5.19. The van der Waals surface area contributed by atoms with Gasteiger partial charge in [0.15, 0.2) is 6.23 Å². The normalized spacial score (nSPS) is 34.4. The van der Waals surface area contributed by atoms with Crippen molar-refractivity contribution < 1.29 is 24.6 Å². The molecule has 1 aromatic rings. The van der Waals surface area contributed by atoms with Crippen LogP contribution in [0.2, 0.25) is 0 Å². The smallest absolute Gasteiger partial charge is 0.394 e. The van der Waals surface area contributed by atoms with E-state index in [9.17, 15) is 19.8 Å². The van der Waals surface area contributed by atoms with Gasteiger partial charge in [-0.05, 0) is 0 Å². The fourth-order valence-electron chi connectivity index (χ4n) is 1.54. The second kappa shape index (κ2) is 3.87. The Balaban J connectivity index is 2.33. The summed E-state index contributed by atoms with van der Waals surface area (Å²) >= 11 is 0. The van der Waals surface area contributed by atoms with E-state index in [0.717, 1.165) is 0 Å². The van der Waals surface area contributed by atoms with Gasteiger partial charge in [-0.15, -0.1) is 4.74 Å². The maximum atomic E-state index is 11.2. The number of rotatable bonds is 2. The zero-order valence-electron chi connectivity index (χ0n) is 7.94. The van der Waals surface area contributed by atoms with Gasteiger partial charge in [-0.1, -0.05) is 0 Å². The molecule has 0 amide bonds. The minimum absolute atomic E-state index is 0.478. The highest BCUT2D eigenvalue weighted by Gasteiger charge is 2.45. The van der Waals surface area contributed by atoms with Crippen LogP contribution in [0.1, 0.15) is 6.23 Å². The highest BCUT2D eigenvalue weighted by molar-refractivity contribution is 4.87. The first-order valence-corrected chi connectivity index (χ1v) is 4.49. The molecule has 4 N–H and O–H groups in total. The van der Waals surface area contributed by atoms with Crippen molar-refractivity contribution >= 4 is 0 Å². The molecule has 2 heterocycles. The van der Waals surface area contributed by atoms with Crippen LogP contribution in [0.5, 0.6) is 0 Å². The Hall–Kier alpha value is -1.42. The van der Waals surface area contributed by atoms with Crippen LogP contribution in [0.4, 0.5) is 0 Å². The number of aliphatic hydroxyl groups is 3. The van der Waals surface area contributed by atoms with Crippen LogP contribution in [0, 0.1) is 0 Å². The summed E-state index contributed by atoms with van der Waals surface area (Å²) < 4.78 is 9.88. The number of H-pyrrole nitrogens is 1. The Bertz CT molecular complexity index is 474. The Morgan fingerprint density at radius 1 is 1.31 bits per heavy atom. The maximum absolute atomic E-state index is 11.2. The third-order valence-corrected chi connectivity index (χ3v) is 2.34. The van der Waals surface area contributed by atoms with Gasteiger partial charge in [0.25, 0.3) is 0 Å². The predicted octanol–water partition coefficient (Wildman–Crippen LogP) is -3.26. The fourth-order valence-corrected chi connectivity index (χ4v) is 1.54. The van der Waals surface area contributed by atoms with Gasteiger partial charge in [-0.25, -0.2) is 14.6 Å². The van der Waals surface area contributed by atoms with E-state index in [4.69, 9.17) is 9.84 Å². The van der Waals surface area contributed by atoms with E-state index in [1.54, 1.807) is 4.98 Å². The van der Waals surface area contributed by atoms with E-state index in [-0.39, 0.29) is 0 Å². The largest absolute Gasteiger partial charge is 0.440 e. The van der Waals surface area contributed by atoms with E-state index in [2.05, 4.69) is 4.52 Å². The zero-order valence-corrected chi connectivity index (χ0v) is 7.94. The van der Waals surface area contributed by atoms with Crippen molar-refractivity contribution in [2.75, 3.05) is 6.61 Å². The first-order valence-electron chi connectivity index (χ1n) is 4.49. The highest BCUT2D eigenvalue weighted by Crippen LogP contribution is 2.27. The summed E-state index contributed by atoms with van der Waals surface area (Å²) in [5.74, 6) is -0.997. The van der Waals surface area contributed by atoms with E-state index in [1.807, 2.05) is 0 Å². The molecule has 16 heavy (non-hydrogen) atoms. The monoisotopic (exact) mass is 234 g/mol. The van der Waals surface area contributed by atoms with Crippen LogP contribution < -0.4 is 11.4 Å². The Labute approximate surface area is 87.5 Å². The number of aromatic nitrogens is 2. The van der Waals surface area contributed by atoms with Gasteiger partial charge in [-0.2, -0.15) is 0 Å². The molecular weight excluding hydrogens is 224 g/mol. The van der Waals surface area contributed by atoms with Crippen LogP contribution in [-0.2, 0) is 4.74 Å². The molecule has 0 bridgehead atoms. The van der Waals surface area contributed by atoms with Gasteiger partial charge in [0.2, 0.25) is 0 Å². The number of ether oxygens (including phenoxy) is 1. The first-order chi connectivity index (χ1) is 7.54. The molecule has 2 rings (SSSR count). The molecule has 0 unspecified atom stereocenters. The number of hydrogen-bond donors (Lipinski definition) is 4. The number of aromatic amines is 1. The molecule has 9 heteroatoms. The average molecular weight is 234 g/mol. The number of hydrogen-bond acceptors (Lipinski definition) is 7. The standard InChI is InChI=1S/C7H10N2O7/c10-1-2-3(11)4(12)5(15-2)9-6(13)8-7(14)16-9/h2-5,10-12H,1H2,(H,8,13,14)/t2-,3-,4-,5+/m0/s1. The maximum Gasteiger partial charge on any atom is 0.440 e. The van der Waals surface area contributed by atoms with Gasteiger partial charge in [0.05, 0.1) is 6.61 Å². The molecule has 90 valence electrons. The van der Waals surface area contributed by atoms with Crippen molar-refractivity contribution in [3.05, 3.63) is 21.0 Å². The summed E-state index contributed by atoms with van der Waals surface area (Å²) in [7, 11) is 0. The second-order valence-corrected chi connectivity index (χ2v) is 3.36. The first kappa shape index (κ1) is 11.1. The van der Waals surface area contributed by atoms with E-state index in [0.29, 0.717) is 4.74 Å². The number of nitrogens with zero attached hydrogens (tertiary/aromatic N) is 1. The molecule has 1 saturated heterocycles. The molecule has 0 spiro atoms. The van der Waals surface area contributed by atoms with Crippen molar-refractivity contribution in [2.24, 2.45) is 0 Å². The molecule has 9 nitrogen and oxygen atoms in total. The topological polar surface area (TPSA) is 138 Å².